The van der Waals surface area contributed by atoms with E-state index in [1.165, 1.54) is 5.56 Å². The zero-order valence-corrected chi connectivity index (χ0v) is 14.4. The molecule has 0 saturated carbocycles. The number of rotatable bonds is 3. The van der Waals surface area contributed by atoms with Crippen molar-refractivity contribution in [1.29, 1.82) is 0 Å². The molecule has 0 fully saturated rings. The summed E-state index contributed by atoms with van der Waals surface area (Å²) in [6.45, 7) is 4.85. The van der Waals surface area contributed by atoms with Crippen molar-refractivity contribution in [3.05, 3.63) is 59.9 Å². The fourth-order valence-corrected chi connectivity index (χ4v) is 3.50. The van der Waals surface area contributed by atoms with Crippen LogP contribution < -0.4 is 5.32 Å². The summed E-state index contributed by atoms with van der Waals surface area (Å²) in [4.78, 5) is 19.3. The standard InChI is InChI=1S/C20H22N4O/c1-15-22-18-8-4-5-9-19(18)24(15)12-10-20(25)23-13-11-21-17-7-3-2-6-16(17)14-23/h2-9,21H,10-14H2,1H3. The molecule has 1 N–H and O–H groups in total. The van der Waals surface area contributed by atoms with Gasteiger partial charge in [0.1, 0.15) is 5.82 Å². The highest BCUT2D eigenvalue weighted by molar-refractivity contribution is 5.78. The van der Waals surface area contributed by atoms with Gasteiger partial charge in [-0.3, -0.25) is 4.79 Å². The molecule has 0 aliphatic carbocycles. The Labute approximate surface area is 147 Å². The Morgan fingerprint density at radius 3 is 2.88 bits per heavy atom. The third-order valence-corrected chi connectivity index (χ3v) is 4.82. The minimum atomic E-state index is 0.190. The van der Waals surface area contributed by atoms with Crippen LogP contribution in [0.5, 0.6) is 0 Å². The first-order valence-electron chi connectivity index (χ1n) is 8.74. The molecule has 128 valence electrons. The van der Waals surface area contributed by atoms with E-state index in [1.807, 2.05) is 42.2 Å². The molecule has 4 rings (SSSR count). The molecule has 0 spiro atoms. The van der Waals surface area contributed by atoms with Crippen LogP contribution in [0.25, 0.3) is 11.0 Å². The van der Waals surface area contributed by atoms with Crippen molar-refractivity contribution in [1.82, 2.24) is 14.5 Å². The molecule has 0 atom stereocenters. The zero-order valence-electron chi connectivity index (χ0n) is 14.4. The number of fused-ring (bicyclic) bond motifs is 2. The summed E-state index contributed by atoms with van der Waals surface area (Å²) in [5, 5.41) is 3.40. The molecule has 0 bridgehead atoms. The van der Waals surface area contributed by atoms with E-state index in [9.17, 15) is 4.79 Å². The number of hydrogen-bond donors (Lipinski definition) is 1. The first-order valence-corrected chi connectivity index (χ1v) is 8.74. The Morgan fingerprint density at radius 2 is 1.96 bits per heavy atom. The number of benzene rings is 2. The average molecular weight is 334 g/mol. The first kappa shape index (κ1) is 15.7. The topological polar surface area (TPSA) is 50.2 Å². The molecule has 1 aliphatic heterocycles. The maximum Gasteiger partial charge on any atom is 0.224 e. The van der Waals surface area contributed by atoms with Crippen LogP contribution in [0.15, 0.2) is 48.5 Å². The van der Waals surface area contributed by atoms with Crippen molar-refractivity contribution in [3.8, 4) is 0 Å². The summed E-state index contributed by atoms with van der Waals surface area (Å²) < 4.78 is 2.14. The highest BCUT2D eigenvalue weighted by atomic mass is 16.2. The van der Waals surface area contributed by atoms with Gasteiger partial charge in [0.25, 0.3) is 0 Å². The number of hydrogen-bond acceptors (Lipinski definition) is 3. The smallest absolute Gasteiger partial charge is 0.224 e. The molecule has 0 saturated heterocycles. The van der Waals surface area contributed by atoms with Crippen LogP contribution in [0.3, 0.4) is 0 Å². The molecule has 2 aromatic carbocycles. The van der Waals surface area contributed by atoms with Crippen molar-refractivity contribution < 1.29 is 4.79 Å². The van der Waals surface area contributed by atoms with Crippen LogP contribution in [0.2, 0.25) is 0 Å². The third kappa shape index (κ3) is 3.09. The van der Waals surface area contributed by atoms with Crippen molar-refractivity contribution >= 4 is 22.6 Å². The number of aryl methyl sites for hydroxylation is 2. The number of anilines is 1. The quantitative estimate of drug-likeness (QED) is 0.800. The van der Waals surface area contributed by atoms with Gasteiger partial charge in [0.15, 0.2) is 0 Å². The number of carbonyl (C=O) groups excluding carboxylic acids is 1. The van der Waals surface area contributed by atoms with E-state index < -0.39 is 0 Å². The molecule has 1 amide bonds. The summed E-state index contributed by atoms with van der Waals surface area (Å²) in [5.41, 5.74) is 4.39. The molecule has 0 unspecified atom stereocenters. The fourth-order valence-electron chi connectivity index (χ4n) is 3.50. The van der Waals surface area contributed by atoms with E-state index >= 15 is 0 Å². The molecule has 3 aromatic rings. The van der Waals surface area contributed by atoms with Crippen molar-refractivity contribution in [3.63, 3.8) is 0 Å². The summed E-state index contributed by atoms with van der Waals surface area (Å²) in [7, 11) is 0. The van der Waals surface area contributed by atoms with Crippen LogP contribution in [-0.4, -0.2) is 33.4 Å². The Morgan fingerprint density at radius 1 is 1.16 bits per heavy atom. The average Bonchev–Trinajstić information content (AvgIpc) is 2.80. The first-order chi connectivity index (χ1) is 12.2. The lowest BCUT2D eigenvalue weighted by Gasteiger charge is -2.20. The molecular weight excluding hydrogens is 312 g/mol. The molecular formula is C20H22N4O. The maximum absolute atomic E-state index is 12.8. The summed E-state index contributed by atoms with van der Waals surface area (Å²) >= 11 is 0. The Bertz CT molecular complexity index is 915. The lowest BCUT2D eigenvalue weighted by molar-refractivity contribution is -0.131. The zero-order chi connectivity index (χ0) is 17.2. The van der Waals surface area contributed by atoms with E-state index in [4.69, 9.17) is 0 Å². The second-order valence-electron chi connectivity index (χ2n) is 6.45. The largest absolute Gasteiger partial charge is 0.383 e. The van der Waals surface area contributed by atoms with Gasteiger partial charge in [-0.1, -0.05) is 30.3 Å². The van der Waals surface area contributed by atoms with Gasteiger partial charge in [0, 0.05) is 38.3 Å². The second-order valence-corrected chi connectivity index (χ2v) is 6.45. The molecule has 25 heavy (non-hydrogen) atoms. The van der Waals surface area contributed by atoms with Gasteiger partial charge in [0.05, 0.1) is 11.0 Å². The monoisotopic (exact) mass is 334 g/mol. The van der Waals surface area contributed by atoms with E-state index in [0.717, 1.165) is 35.6 Å². The second kappa shape index (κ2) is 6.59. The van der Waals surface area contributed by atoms with E-state index in [2.05, 4.69) is 33.1 Å². The van der Waals surface area contributed by atoms with Gasteiger partial charge < -0.3 is 14.8 Å². The predicted molar refractivity (Wildman–Crippen MR) is 99.4 cm³/mol. The van der Waals surface area contributed by atoms with Gasteiger partial charge in [-0.2, -0.15) is 0 Å². The summed E-state index contributed by atoms with van der Waals surface area (Å²) in [5.74, 6) is 1.15. The van der Waals surface area contributed by atoms with Gasteiger partial charge in [0.2, 0.25) is 5.91 Å². The van der Waals surface area contributed by atoms with E-state index in [0.29, 0.717) is 19.5 Å². The predicted octanol–water partition coefficient (Wildman–Crippen LogP) is 3.19. The summed E-state index contributed by atoms with van der Waals surface area (Å²) in [6, 6.07) is 16.3. The number of amides is 1. The number of carbonyl (C=O) groups is 1. The molecule has 1 aromatic heterocycles. The summed E-state index contributed by atoms with van der Waals surface area (Å²) in [6.07, 6.45) is 0.489. The van der Waals surface area contributed by atoms with Gasteiger partial charge in [-0.05, 0) is 30.7 Å². The molecule has 2 heterocycles. The Hall–Kier alpha value is -2.82. The van der Waals surface area contributed by atoms with Crippen molar-refractivity contribution in [2.24, 2.45) is 0 Å². The molecule has 1 aliphatic rings. The van der Waals surface area contributed by atoms with Gasteiger partial charge in [-0.15, -0.1) is 0 Å². The van der Waals surface area contributed by atoms with Crippen LogP contribution >= 0.6 is 0 Å². The minimum Gasteiger partial charge on any atom is -0.383 e. The minimum absolute atomic E-state index is 0.190. The number of para-hydroxylation sites is 3. The maximum atomic E-state index is 12.8. The lowest BCUT2D eigenvalue weighted by atomic mass is 10.1. The number of nitrogens with one attached hydrogen (secondary N) is 1. The molecule has 5 heteroatoms. The number of aromatic nitrogens is 2. The Balaban J connectivity index is 1.48. The van der Waals surface area contributed by atoms with Crippen LogP contribution in [0.1, 0.15) is 17.8 Å². The van der Waals surface area contributed by atoms with Gasteiger partial charge in [-0.25, -0.2) is 4.98 Å². The SMILES string of the molecule is Cc1nc2ccccc2n1CCC(=O)N1CCNc2ccccc2C1. The number of nitrogens with zero attached hydrogens (tertiary/aromatic N) is 3. The fraction of sp³-hybridized carbons (Fsp3) is 0.300. The normalized spacial score (nSPS) is 14.0. The molecule has 0 radical (unpaired) electrons. The number of imidazole rings is 1. The highest BCUT2D eigenvalue weighted by Gasteiger charge is 2.19. The molecule has 5 nitrogen and oxygen atoms in total. The highest BCUT2D eigenvalue weighted by Crippen LogP contribution is 2.21. The van der Waals surface area contributed by atoms with Crippen molar-refractivity contribution in [2.75, 3.05) is 18.4 Å². The lowest BCUT2D eigenvalue weighted by Crippen LogP contribution is -2.33. The van der Waals surface area contributed by atoms with Crippen LogP contribution in [0.4, 0.5) is 5.69 Å². The van der Waals surface area contributed by atoms with Crippen LogP contribution in [-0.2, 0) is 17.9 Å². The Kier molecular flexibility index (Phi) is 4.14. The third-order valence-electron chi connectivity index (χ3n) is 4.82. The van der Waals surface area contributed by atoms with Crippen molar-refractivity contribution in [2.45, 2.75) is 26.4 Å². The van der Waals surface area contributed by atoms with Crippen LogP contribution in [0, 0.1) is 6.92 Å². The van der Waals surface area contributed by atoms with E-state index in [1.54, 1.807) is 0 Å². The van der Waals surface area contributed by atoms with Gasteiger partial charge >= 0.3 is 0 Å². The van der Waals surface area contributed by atoms with E-state index in [-0.39, 0.29) is 5.91 Å².